The van der Waals surface area contributed by atoms with Crippen LogP contribution in [-0.4, -0.2) is 32.6 Å². The molecule has 1 amide bonds. The van der Waals surface area contributed by atoms with Gasteiger partial charge in [0.15, 0.2) is 11.5 Å². The van der Waals surface area contributed by atoms with Gasteiger partial charge in [0, 0.05) is 30.3 Å². The summed E-state index contributed by atoms with van der Waals surface area (Å²) in [5, 5.41) is 3.27. The van der Waals surface area contributed by atoms with Crippen molar-refractivity contribution in [3.8, 4) is 11.5 Å². The third kappa shape index (κ3) is 5.08. The van der Waals surface area contributed by atoms with Crippen LogP contribution in [0.25, 0.3) is 11.0 Å². The molecule has 1 atom stereocenters. The lowest BCUT2D eigenvalue weighted by Crippen LogP contribution is -2.39. The van der Waals surface area contributed by atoms with E-state index in [2.05, 4.69) is 5.32 Å². The normalized spacial score (nSPS) is 11.8. The van der Waals surface area contributed by atoms with Crippen LogP contribution in [0.5, 0.6) is 11.5 Å². The zero-order chi connectivity index (χ0) is 23.3. The minimum Gasteiger partial charge on any atom is -0.493 e. The fourth-order valence-electron chi connectivity index (χ4n) is 3.43. The molecule has 8 heteroatoms. The highest BCUT2D eigenvalue weighted by molar-refractivity contribution is 5.92. The summed E-state index contributed by atoms with van der Waals surface area (Å²) in [6.07, 6.45) is 0.924. The summed E-state index contributed by atoms with van der Waals surface area (Å²) in [5.41, 5.74) is 1.30. The summed E-state index contributed by atoms with van der Waals surface area (Å²) in [6.45, 7) is 3.90. The minimum absolute atomic E-state index is 0.178. The van der Waals surface area contributed by atoms with E-state index in [9.17, 15) is 14.4 Å². The van der Waals surface area contributed by atoms with Crippen molar-refractivity contribution < 1.29 is 23.5 Å². The molecule has 1 aromatic heterocycles. The third-order valence-electron chi connectivity index (χ3n) is 5.00. The van der Waals surface area contributed by atoms with E-state index < -0.39 is 17.6 Å². The summed E-state index contributed by atoms with van der Waals surface area (Å²) in [5.74, 6) is 0.157. The highest BCUT2D eigenvalue weighted by atomic mass is 16.6. The molecule has 3 rings (SSSR count). The van der Waals surface area contributed by atoms with Crippen molar-refractivity contribution in [3.05, 3.63) is 59.0 Å². The number of methoxy groups -OCH3 is 1. The Labute approximate surface area is 185 Å². The number of carbonyl (C=O) groups excluding carboxylic acids is 2. The van der Waals surface area contributed by atoms with Crippen LogP contribution in [0, 0.1) is 5.92 Å². The molecule has 32 heavy (non-hydrogen) atoms. The first-order chi connectivity index (χ1) is 15.3. The summed E-state index contributed by atoms with van der Waals surface area (Å²) < 4.78 is 16.2. The molecule has 0 saturated heterocycles. The molecular formula is C24H26N2O6. The van der Waals surface area contributed by atoms with Gasteiger partial charge in [0.2, 0.25) is 6.41 Å². The maximum atomic E-state index is 12.7. The minimum atomic E-state index is -0.777. The van der Waals surface area contributed by atoms with Gasteiger partial charge in [-0.2, -0.15) is 0 Å². The van der Waals surface area contributed by atoms with E-state index in [0.717, 1.165) is 5.39 Å². The van der Waals surface area contributed by atoms with E-state index in [-0.39, 0.29) is 11.7 Å². The topological polar surface area (TPSA) is 98.1 Å². The Morgan fingerprint density at radius 3 is 2.59 bits per heavy atom. The van der Waals surface area contributed by atoms with Crippen molar-refractivity contribution in [1.29, 1.82) is 0 Å². The lowest BCUT2D eigenvalue weighted by molar-refractivity contribution is -0.138. The van der Waals surface area contributed by atoms with Gasteiger partial charge < -0.3 is 24.1 Å². The van der Waals surface area contributed by atoms with Gasteiger partial charge in [-0.15, -0.1) is 0 Å². The van der Waals surface area contributed by atoms with E-state index in [4.69, 9.17) is 13.9 Å². The molecule has 0 saturated carbocycles. The number of nitrogens with zero attached hydrogens (tertiary/aromatic N) is 1. The van der Waals surface area contributed by atoms with Crippen molar-refractivity contribution in [2.75, 3.05) is 19.1 Å². The van der Waals surface area contributed by atoms with Crippen LogP contribution < -0.4 is 25.3 Å². The number of anilines is 2. The summed E-state index contributed by atoms with van der Waals surface area (Å²) >= 11 is 0. The van der Waals surface area contributed by atoms with Gasteiger partial charge in [-0.3, -0.25) is 4.79 Å². The molecule has 8 nitrogen and oxygen atoms in total. The average Bonchev–Trinajstić information content (AvgIpc) is 2.77. The number of para-hydroxylation sites is 1. The van der Waals surface area contributed by atoms with Gasteiger partial charge in [-0.1, -0.05) is 26.0 Å². The number of amides is 1. The van der Waals surface area contributed by atoms with Crippen LogP contribution in [0.3, 0.4) is 0 Å². The monoisotopic (exact) mass is 438 g/mol. The van der Waals surface area contributed by atoms with Crippen molar-refractivity contribution in [2.24, 2.45) is 5.92 Å². The highest BCUT2D eigenvalue weighted by Gasteiger charge is 2.23. The Bertz CT molecular complexity index is 1170. The average molecular weight is 438 g/mol. The molecule has 0 fully saturated rings. The molecule has 3 aromatic rings. The lowest BCUT2D eigenvalue weighted by Gasteiger charge is -2.22. The number of fused-ring (bicyclic) bond motifs is 1. The standard InChI is InChI=1S/C24H26N2O6/c1-15(2)11-18(25-14-27)24(29)32-22-12-16(9-10-21(22)30-4)26(3)19-13-23(28)31-20-8-6-5-7-17(19)20/h5-10,12-15,18H,11H2,1-4H3,(H,25,27). The van der Waals surface area contributed by atoms with Gasteiger partial charge in [0.05, 0.1) is 12.8 Å². The number of ether oxygens (including phenoxy) is 2. The number of carbonyl (C=O) groups is 2. The Balaban J connectivity index is 1.97. The van der Waals surface area contributed by atoms with Crippen LogP contribution >= 0.6 is 0 Å². The van der Waals surface area contributed by atoms with E-state index >= 15 is 0 Å². The van der Waals surface area contributed by atoms with E-state index in [1.165, 1.54) is 13.2 Å². The van der Waals surface area contributed by atoms with Crippen LogP contribution in [0.2, 0.25) is 0 Å². The van der Waals surface area contributed by atoms with Gasteiger partial charge in [0.25, 0.3) is 0 Å². The molecule has 2 aromatic carbocycles. The first-order valence-electron chi connectivity index (χ1n) is 10.2. The highest BCUT2D eigenvalue weighted by Crippen LogP contribution is 2.36. The summed E-state index contributed by atoms with van der Waals surface area (Å²) in [4.78, 5) is 37.5. The van der Waals surface area contributed by atoms with Crippen molar-refractivity contribution in [1.82, 2.24) is 5.32 Å². The molecular weight excluding hydrogens is 412 g/mol. The van der Waals surface area contributed by atoms with Crippen LogP contribution in [0.15, 0.2) is 57.7 Å². The molecule has 0 bridgehead atoms. The Morgan fingerprint density at radius 1 is 1.16 bits per heavy atom. The smallest absolute Gasteiger partial charge is 0.338 e. The summed E-state index contributed by atoms with van der Waals surface area (Å²) in [6, 6.07) is 13.0. The zero-order valence-corrected chi connectivity index (χ0v) is 18.5. The second kappa shape index (κ2) is 10.00. The van der Waals surface area contributed by atoms with Gasteiger partial charge in [0.1, 0.15) is 11.6 Å². The first kappa shape index (κ1) is 22.9. The maximum Gasteiger partial charge on any atom is 0.338 e. The maximum absolute atomic E-state index is 12.7. The molecule has 0 aliphatic carbocycles. The fraction of sp³-hybridized carbons (Fsp3) is 0.292. The molecule has 1 heterocycles. The number of benzene rings is 2. The van der Waals surface area contributed by atoms with E-state index in [1.54, 1.807) is 42.3 Å². The Hall–Kier alpha value is -3.81. The molecule has 1 unspecified atom stereocenters. The Kier molecular flexibility index (Phi) is 7.14. The quantitative estimate of drug-likeness (QED) is 0.236. The summed E-state index contributed by atoms with van der Waals surface area (Å²) in [7, 11) is 3.27. The second-order valence-electron chi connectivity index (χ2n) is 7.73. The molecule has 168 valence electrons. The molecule has 0 aliphatic rings. The molecule has 1 N–H and O–H groups in total. The first-order valence-corrected chi connectivity index (χ1v) is 10.2. The van der Waals surface area contributed by atoms with Crippen molar-refractivity contribution in [2.45, 2.75) is 26.3 Å². The number of rotatable bonds is 9. The number of esters is 1. The molecule has 0 aliphatic heterocycles. The molecule has 0 radical (unpaired) electrons. The van der Waals surface area contributed by atoms with Crippen LogP contribution in [-0.2, 0) is 9.59 Å². The van der Waals surface area contributed by atoms with Crippen LogP contribution in [0.1, 0.15) is 20.3 Å². The second-order valence-corrected chi connectivity index (χ2v) is 7.73. The van der Waals surface area contributed by atoms with Gasteiger partial charge in [-0.05, 0) is 36.6 Å². The van der Waals surface area contributed by atoms with Crippen LogP contribution in [0.4, 0.5) is 11.4 Å². The third-order valence-corrected chi connectivity index (χ3v) is 5.00. The Morgan fingerprint density at radius 2 is 1.91 bits per heavy atom. The fourth-order valence-corrected chi connectivity index (χ4v) is 3.43. The SMILES string of the molecule is COc1ccc(N(C)c2cc(=O)oc3ccccc23)cc1OC(=O)C(CC(C)C)NC=O. The van der Waals surface area contributed by atoms with E-state index in [0.29, 0.717) is 35.5 Å². The van der Waals surface area contributed by atoms with Crippen molar-refractivity contribution in [3.63, 3.8) is 0 Å². The molecule has 0 spiro atoms. The lowest BCUT2D eigenvalue weighted by atomic mass is 10.0. The van der Waals surface area contributed by atoms with Crippen molar-refractivity contribution >= 4 is 34.7 Å². The number of hydrogen-bond donors (Lipinski definition) is 1. The number of nitrogens with one attached hydrogen (secondary N) is 1. The largest absolute Gasteiger partial charge is 0.493 e. The predicted molar refractivity (Wildman–Crippen MR) is 122 cm³/mol. The zero-order valence-electron chi connectivity index (χ0n) is 18.5. The van der Waals surface area contributed by atoms with E-state index in [1.807, 2.05) is 26.0 Å². The van der Waals surface area contributed by atoms with Gasteiger partial charge in [-0.25, -0.2) is 9.59 Å². The predicted octanol–water partition coefficient (Wildman–Crippen LogP) is 3.64. The van der Waals surface area contributed by atoms with Gasteiger partial charge >= 0.3 is 11.6 Å². The number of hydrogen-bond acceptors (Lipinski definition) is 7.